The van der Waals surface area contributed by atoms with Gasteiger partial charge in [0.25, 0.3) is 0 Å². The van der Waals surface area contributed by atoms with Crippen LogP contribution in [0.25, 0.3) is 0 Å². The first-order valence-electron chi connectivity index (χ1n) is 9.73. The predicted molar refractivity (Wildman–Crippen MR) is 111 cm³/mol. The van der Waals surface area contributed by atoms with E-state index in [4.69, 9.17) is 15.2 Å². The molecule has 0 aromatic heterocycles. The molecule has 4 N–H and O–H groups in total. The third-order valence-electron chi connectivity index (χ3n) is 5.26. The van der Waals surface area contributed by atoms with E-state index in [9.17, 15) is 5.11 Å². The first kappa shape index (κ1) is 20.6. The van der Waals surface area contributed by atoms with E-state index in [0.717, 1.165) is 28.9 Å². The van der Waals surface area contributed by atoms with Crippen LogP contribution in [0, 0.1) is 0 Å². The van der Waals surface area contributed by atoms with Crippen molar-refractivity contribution in [3.8, 4) is 5.75 Å². The van der Waals surface area contributed by atoms with Crippen LogP contribution in [0.1, 0.15) is 35.3 Å². The molecule has 5 heteroatoms. The Kier molecular flexibility index (Phi) is 7.23. The van der Waals surface area contributed by atoms with E-state index in [2.05, 4.69) is 18.0 Å². The van der Waals surface area contributed by atoms with E-state index in [1.54, 1.807) is 13.2 Å². The SMILES string of the molecule is C=CCOC1CC(NC[C@@H](O)[C@@H](N)Cc2ccccc2)c2cc(OC)ccc21. The van der Waals surface area contributed by atoms with Crippen LogP contribution in [0.4, 0.5) is 0 Å². The number of ether oxygens (including phenoxy) is 2. The number of benzene rings is 2. The van der Waals surface area contributed by atoms with Crippen LogP contribution < -0.4 is 15.8 Å². The van der Waals surface area contributed by atoms with Crippen LogP contribution in [-0.4, -0.2) is 37.5 Å². The van der Waals surface area contributed by atoms with Crippen LogP contribution in [-0.2, 0) is 11.2 Å². The number of hydrogen-bond donors (Lipinski definition) is 3. The summed E-state index contributed by atoms with van der Waals surface area (Å²) in [5.74, 6) is 0.816. The van der Waals surface area contributed by atoms with Crippen molar-refractivity contribution in [2.24, 2.45) is 5.73 Å². The molecular weight excluding hydrogens is 352 g/mol. The van der Waals surface area contributed by atoms with Crippen molar-refractivity contribution in [1.29, 1.82) is 0 Å². The van der Waals surface area contributed by atoms with Gasteiger partial charge >= 0.3 is 0 Å². The highest BCUT2D eigenvalue weighted by molar-refractivity contribution is 5.42. The fourth-order valence-electron chi connectivity index (χ4n) is 3.71. The minimum atomic E-state index is -0.637. The number of aliphatic hydroxyl groups excluding tert-OH is 1. The zero-order valence-corrected chi connectivity index (χ0v) is 16.4. The Balaban J connectivity index is 1.62. The fourth-order valence-corrected chi connectivity index (χ4v) is 3.71. The zero-order chi connectivity index (χ0) is 19.9. The summed E-state index contributed by atoms with van der Waals surface area (Å²) in [6.45, 7) is 4.66. The summed E-state index contributed by atoms with van der Waals surface area (Å²) in [6, 6.07) is 15.8. The number of fused-ring (bicyclic) bond motifs is 1. The number of nitrogens with two attached hydrogens (primary N) is 1. The van der Waals surface area contributed by atoms with Crippen molar-refractivity contribution in [3.05, 3.63) is 77.9 Å². The van der Waals surface area contributed by atoms with Crippen molar-refractivity contribution in [3.63, 3.8) is 0 Å². The Morgan fingerprint density at radius 3 is 2.75 bits per heavy atom. The third kappa shape index (κ3) is 5.00. The maximum absolute atomic E-state index is 10.5. The lowest BCUT2D eigenvalue weighted by Crippen LogP contribution is -2.43. The summed E-state index contributed by atoms with van der Waals surface area (Å²) in [4.78, 5) is 0. The van der Waals surface area contributed by atoms with Crippen molar-refractivity contribution in [2.75, 3.05) is 20.3 Å². The molecule has 0 amide bonds. The quantitative estimate of drug-likeness (QED) is 0.551. The molecular formula is C23H30N2O3. The Labute approximate surface area is 167 Å². The van der Waals surface area contributed by atoms with Crippen molar-refractivity contribution in [1.82, 2.24) is 5.32 Å². The molecule has 0 spiro atoms. The second kappa shape index (κ2) is 9.85. The summed E-state index contributed by atoms with van der Waals surface area (Å²) in [7, 11) is 1.66. The molecule has 0 radical (unpaired) electrons. The lowest BCUT2D eigenvalue weighted by Gasteiger charge is -2.22. The Bertz CT molecular complexity index is 766. The van der Waals surface area contributed by atoms with Gasteiger partial charge in [-0.25, -0.2) is 0 Å². The molecule has 4 atom stereocenters. The number of methoxy groups -OCH3 is 1. The van der Waals surface area contributed by atoms with Crippen molar-refractivity contribution >= 4 is 0 Å². The predicted octanol–water partition coefficient (Wildman–Crippen LogP) is 2.90. The van der Waals surface area contributed by atoms with Crippen LogP contribution in [0.3, 0.4) is 0 Å². The molecule has 0 saturated heterocycles. The van der Waals surface area contributed by atoms with Crippen LogP contribution in [0.15, 0.2) is 61.2 Å². The molecule has 0 fully saturated rings. The summed E-state index contributed by atoms with van der Waals surface area (Å²) in [5, 5.41) is 14.0. The topological polar surface area (TPSA) is 76.7 Å². The average Bonchev–Trinajstić information content (AvgIpc) is 3.07. The molecule has 0 heterocycles. The van der Waals surface area contributed by atoms with Gasteiger partial charge in [0.1, 0.15) is 5.75 Å². The minimum absolute atomic E-state index is 0.00606. The molecule has 150 valence electrons. The monoisotopic (exact) mass is 382 g/mol. The van der Waals surface area contributed by atoms with Gasteiger partial charge in [-0.3, -0.25) is 0 Å². The number of rotatable bonds is 10. The van der Waals surface area contributed by atoms with Gasteiger partial charge in [-0.1, -0.05) is 42.5 Å². The van der Waals surface area contributed by atoms with Gasteiger partial charge in [0.2, 0.25) is 0 Å². The molecule has 1 aliphatic carbocycles. The summed E-state index contributed by atoms with van der Waals surface area (Å²) in [5.41, 5.74) is 9.66. The zero-order valence-electron chi connectivity index (χ0n) is 16.4. The lowest BCUT2D eigenvalue weighted by molar-refractivity contribution is 0.0678. The average molecular weight is 383 g/mol. The molecule has 0 saturated carbocycles. The molecule has 2 aromatic rings. The van der Waals surface area contributed by atoms with Gasteiger partial charge in [-0.15, -0.1) is 6.58 Å². The van der Waals surface area contributed by atoms with Gasteiger partial charge < -0.3 is 25.6 Å². The normalized spacial score (nSPS) is 20.4. The van der Waals surface area contributed by atoms with E-state index in [-0.39, 0.29) is 18.2 Å². The van der Waals surface area contributed by atoms with E-state index in [1.165, 1.54) is 0 Å². The van der Waals surface area contributed by atoms with Gasteiger partial charge in [0.05, 0.1) is 25.9 Å². The Hall–Kier alpha value is -2.18. The number of nitrogens with one attached hydrogen (secondary N) is 1. The van der Waals surface area contributed by atoms with Gasteiger partial charge in [-0.2, -0.15) is 0 Å². The molecule has 0 bridgehead atoms. The standard InChI is InChI=1S/C23H30N2O3/c1-3-11-28-23-14-21(19-13-17(27-2)9-10-18(19)23)25-15-22(26)20(24)12-16-7-5-4-6-8-16/h3-10,13,20-23,25-26H,1,11-12,14-15,24H2,2H3/t20-,21?,22+,23?/m0/s1. The molecule has 2 aromatic carbocycles. The fraction of sp³-hybridized carbons (Fsp3) is 0.391. The second-order valence-electron chi connectivity index (χ2n) is 7.22. The summed E-state index contributed by atoms with van der Waals surface area (Å²) < 4.78 is 11.3. The highest BCUT2D eigenvalue weighted by Gasteiger charge is 2.32. The smallest absolute Gasteiger partial charge is 0.119 e. The molecule has 0 aliphatic heterocycles. The van der Waals surface area contributed by atoms with Crippen LogP contribution in [0.5, 0.6) is 5.75 Å². The van der Waals surface area contributed by atoms with Crippen LogP contribution >= 0.6 is 0 Å². The second-order valence-corrected chi connectivity index (χ2v) is 7.22. The van der Waals surface area contributed by atoms with E-state index >= 15 is 0 Å². The van der Waals surface area contributed by atoms with E-state index < -0.39 is 6.10 Å². The number of aliphatic hydroxyl groups is 1. The Morgan fingerprint density at radius 1 is 1.25 bits per heavy atom. The maximum atomic E-state index is 10.5. The summed E-state index contributed by atoms with van der Waals surface area (Å²) >= 11 is 0. The molecule has 28 heavy (non-hydrogen) atoms. The molecule has 3 rings (SSSR count). The molecule has 5 nitrogen and oxygen atoms in total. The number of hydrogen-bond acceptors (Lipinski definition) is 5. The van der Waals surface area contributed by atoms with Gasteiger partial charge in [-0.05, 0) is 41.7 Å². The van der Waals surface area contributed by atoms with Gasteiger partial charge in [0, 0.05) is 18.6 Å². The lowest BCUT2D eigenvalue weighted by atomic mass is 10.0. The van der Waals surface area contributed by atoms with Crippen molar-refractivity contribution in [2.45, 2.75) is 37.1 Å². The first-order valence-corrected chi connectivity index (χ1v) is 9.73. The summed E-state index contributed by atoms with van der Waals surface area (Å²) in [6.07, 6.45) is 2.57. The largest absolute Gasteiger partial charge is 0.497 e. The third-order valence-corrected chi connectivity index (χ3v) is 5.26. The Morgan fingerprint density at radius 2 is 2.04 bits per heavy atom. The minimum Gasteiger partial charge on any atom is -0.497 e. The highest BCUT2D eigenvalue weighted by atomic mass is 16.5. The van der Waals surface area contributed by atoms with E-state index in [0.29, 0.717) is 19.6 Å². The molecule has 1 aliphatic rings. The first-order chi connectivity index (χ1) is 13.6. The molecule has 2 unspecified atom stereocenters. The van der Waals surface area contributed by atoms with E-state index in [1.807, 2.05) is 42.5 Å². The van der Waals surface area contributed by atoms with Crippen LogP contribution in [0.2, 0.25) is 0 Å². The van der Waals surface area contributed by atoms with Crippen molar-refractivity contribution < 1.29 is 14.6 Å². The maximum Gasteiger partial charge on any atom is 0.119 e. The highest BCUT2D eigenvalue weighted by Crippen LogP contribution is 2.42. The van der Waals surface area contributed by atoms with Gasteiger partial charge in [0.15, 0.2) is 0 Å².